The monoisotopic (exact) mass is 518 g/mol. The van der Waals surface area contributed by atoms with E-state index in [-0.39, 0.29) is 11.8 Å². The summed E-state index contributed by atoms with van der Waals surface area (Å²) in [6, 6.07) is 12.8. The molecule has 8 heteroatoms. The minimum Gasteiger partial charge on any atom is -0.495 e. The Morgan fingerprint density at radius 1 is 1.08 bits per heavy atom. The van der Waals surface area contributed by atoms with E-state index in [2.05, 4.69) is 64.6 Å². The highest BCUT2D eigenvalue weighted by atomic mass is 16.5. The van der Waals surface area contributed by atoms with Crippen molar-refractivity contribution >= 4 is 17.3 Å². The minimum absolute atomic E-state index is 0.0605. The van der Waals surface area contributed by atoms with Gasteiger partial charge in [0.05, 0.1) is 23.9 Å². The van der Waals surface area contributed by atoms with Gasteiger partial charge in [-0.25, -0.2) is 0 Å². The van der Waals surface area contributed by atoms with Crippen molar-refractivity contribution < 1.29 is 9.53 Å². The molecule has 2 fully saturated rings. The number of nitriles is 1. The Morgan fingerprint density at radius 2 is 1.74 bits per heavy atom. The Morgan fingerprint density at radius 3 is 2.34 bits per heavy atom. The van der Waals surface area contributed by atoms with Gasteiger partial charge in [-0.2, -0.15) is 5.26 Å². The van der Waals surface area contributed by atoms with Gasteiger partial charge in [0.25, 0.3) is 5.91 Å². The van der Waals surface area contributed by atoms with Gasteiger partial charge < -0.3 is 30.1 Å². The fourth-order valence-corrected chi connectivity index (χ4v) is 5.39. The van der Waals surface area contributed by atoms with Crippen LogP contribution in [0.3, 0.4) is 0 Å². The summed E-state index contributed by atoms with van der Waals surface area (Å²) in [6.07, 6.45) is 1.69. The van der Waals surface area contributed by atoms with Gasteiger partial charge in [-0.1, -0.05) is 19.9 Å². The first-order valence-corrected chi connectivity index (χ1v) is 13.9. The van der Waals surface area contributed by atoms with Gasteiger partial charge in [0, 0.05) is 71.6 Å². The Bertz CT molecular complexity index is 1150. The molecule has 2 heterocycles. The lowest BCUT2D eigenvalue weighted by Crippen LogP contribution is -2.44. The maximum atomic E-state index is 13.7. The molecule has 0 aliphatic carbocycles. The average Bonchev–Trinajstić information content (AvgIpc) is 2.98. The molecule has 4 rings (SSSR count). The van der Waals surface area contributed by atoms with Crippen molar-refractivity contribution in [3.63, 3.8) is 0 Å². The summed E-state index contributed by atoms with van der Waals surface area (Å²) in [6.45, 7) is 12.0. The Kier molecular flexibility index (Phi) is 9.48. The van der Waals surface area contributed by atoms with Crippen molar-refractivity contribution in [1.29, 1.82) is 5.26 Å². The molecule has 0 bridgehead atoms. The van der Waals surface area contributed by atoms with Crippen LogP contribution in [0.2, 0.25) is 0 Å². The number of ether oxygens (including phenoxy) is 1. The molecule has 2 saturated heterocycles. The highest BCUT2D eigenvalue weighted by Gasteiger charge is 2.24. The Hall–Kier alpha value is -3.28. The highest BCUT2D eigenvalue weighted by Crippen LogP contribution is 2.36. The predicted molar refractivity (Wildman–Crippen MR) is 154 cm³/mol. The summed E-state index contributed by atoms with van der Waals surface area (Å²) in [7, 11) is 3.56. The number of carbonyl (C=O) groups excluding carboxylic acids is 1. The maximum Gasteiger partial charge on any atom is 0.255 e. The number of methoxy groups -OCH3 is 1. The molecule has 8 nitrogen and oxygen atoms in total. The van der Waals surface area contributed by atoms with Crippen LogP contribution in [0.25, 0.3) is 0 Å². The van der Waals surface area contributed by atoms with E-state index in [1.54, 1.807) is 7.11 Å². The van der Waals surface area contributed by atoms with E-state index in [0.29, 0.717) is 12.1 Å². The number of carbonyl (C=O) groups is 1. The van der Waals surface area contributed by atoms with Crippen LogP contribution in [0.5, 0.6) is 5.75 Å². The number of hydrogen-bond donors (Lipinski definition) is 2. The third-order valence-corrected chi connectivity index (χ3v) is 7.84. The summed E-state index contributed by atoms with van der Waals surface area (Å²) in [4.78, 5) is 20.0. The molecule has 2 aromatic carbocycles. The van der Waals surface area contributed by atoms with Crippen LogP contribution >= 0.6 is 0 Å². The largest absolute Gasteiger partial charge is 0.495 e. The molecule has 204 valence electrons. The summed E-state index contributed by atoms with van der Waals surface area (Å²) >= 11 is 0. The number of benzene rings is 2. The average molecular weight is 519 g/mol. The van der Waals surface area contributed by atoms with Gasteiger partial charge in [0.2, 0.25) is 0 Å². The van der Waals surface area contributed by atoms with Crippen molar-refractivity contribution in [1.82, 2.24) is 15.5 Å². The second-order valence-corrected chi connectivity index (χ2v) is 10.3. The topological polar surface area (TPSA) is 83.9 Å². The molecule has 1 atom stereocenters. The van der Waals surface area contributed by atoms with E-state index in [1.165, 1.54) is 5.56 Å². The summed E-state index contributed by atoms with van der Waals surface area (Å²) in [5.74, 6) is 0.970. The van der Waals surface area contributed by atoms with Crippen molar-refractivity contribution in [2.75, 3.05) is 82.9 Å². The molecule has 0 spiro atoms. The third-order valence-electron chi connectivity index (χ3n) is 7.84. The second kappa shape index (κ2) is 13.0. The predicted octanol–water partition coefficient (Wildman–Crippen LogP) is 3.21. The Labute approximate surface area is 227 Å². The van der Waals surface area contributed by atoms with Gasteiger partial charge in [-0.05, 0) is 54.2 Å². The van der Waals surface area contributed by atoms with Crippen LogP contribution in [-0.2, 0) is 6.42 Å². The van der Waals surface area contributed by atoms with Crippen LogP contribution in [-0.4, -0.2) is 83.9 Å². The first-order chi connectivity index (χ1) is 18.5. The lowest BCUT2D eigenvalue weighted by Gasteiger charge is -2.32. The van der Waals surface area contributed by atoms with E-state index in [4.69, 9.17) is 4.74 Å². The van der Waals surface area contributed by atoms with Crippen molar-refractivity contribution in [2.45, 2.75) is 32.6 Å². The summed E-state index contributed by atoms with van der Waals surface area (Å²) in [5.41, 5.74) is 5.59. The molecule has 2 aliphatic rings. The fourth-order valence-electron chi connectivity index (χ4n) is 5.39. The molecule has 0 radical (unpaired) electrons. The van der Waals surface area contributed by atoms with Gasteiger partial charge in [0.1, 0.15) is 11.8 Å². The lowest BCUT2D eigenvalue weighted by atomic mass is 9.94. The van der Waals surface area contributed by atoms with Crippen LogP contribution in [0, 0.1) is 11.3 Å². The smallest absolute Gasteiger partial charge is 0.255 e. The van der Waals surface area contributed by atoms with Gasteiger partial charge in [0.15, 0.2) is 0 Å². The number of nitrogens with one attached hydrogen (secondary N) is 2. The zero-order chi connectivity index (χ0) is 27.1. The minimum atomic E-state index is 0.0605. The molecule has 0 saturated carbocycles. The molecule has 1 amide bonds. The number of aryl methyl sites for hydroxylation is 1. The number of hydrogen-bond acceptors (Lipinski definition) is 7. The molecule has 0 aromatic heterocycles. The van der Waals surface area contributed by atoms with Crippen LogP contribution < -0.4 is 25.2 Å². The zero-order valence-corrected chi connectivity index (χ0v) is 23.3. The van der Waals surface area contributed by atoms with Crippen molar-refractivity contribution in [2.24, 2.45) is 0 Å². The van der Waals surface area contributed by atoms with Crippen LogP contribution in [0.4, 0.5) is 11.4 Å². The van der Waals surface area contributed by atoms with Crippen LogP contribution in [0.1, 0.15) is 53.2 Å². The Balaban J connectivity index is 1.49. The molecule has 2 aromatic rings. The number of anilines is 2. The number of rotatable bonds is 9. The highest BCUT2D eigenvalue weighted by molar-refractivity contribution is 6.00. The van der Waals surface area contributed by atoms with E-state index < -0.39 is 0 Å². The first kappa shape index (κ1) is 27.7. The summed E-state index contributed by atoms with van der Waals surface area (Å²) < 4.78 is 5.76. The van der Waals surface area contributed by atoms with Gasteiger partial charge in [-0.15, -0.1) is 0 Å². The normalized spacial score (nSPS) is 16.6. The third kappa shape index (κ3) is 6.23. The SMILES string of the molecule is CCc1ccc(N2CCNCC2)c(C(=O)N(C)CCC(C)c2cc(C#N)c(N3CCNCC3)c(OC)c2)c1. The molecule has 2 N–H and O–H groups in total. The molecule has 1 unspecified atom stereocenters. The number of amides is 1. The number of piperazine rings is 2. The van der Waals surface area contributed by atoms with E-state index in [1.807, 2.05) is 18.0 Å². The van der Waals surface area contributed by atoms with Crippen molar-refractivity contribution in [3.8, 4) is 11.8 Å². The van der Waals surface area contributed by atoms with Crippen molar-refractivity contribution in [3.05, 3.63) is 52.6 Å². The summed E-state index contributed by atoms with van der Waals surface area (Å²) in [5, 5.41) is 16.7. The van der Waals surface area contributed by atoms with Gasteiger partial charge in [-0.3, -0.25) is 4.79 Å². The first-order valence-electron chi connectivity index (χ1n) is 13.9. The van der Waals surface area contributed by atoms with E-state index in [9.17, 15) is 10.1 Å². The van der Waals surface area contributed by atoms with Gasteiger partial charge >= 0.3 is 0 Å². The van der Waals surface area contributed by atoms with E-state index in [0.717, 1.165) is 93.5 Å². The molecule has 2 aliphatic heterocycles. The fraction of sp³-hybridized carbons (Fsp3) is 0.533. The molecular formula is C30H42N6O2. The molecule has 38 heavy (non-hydrogen) atoms. The zero-order valence-electron chi connectivity index (χ0n) is 23.3. The molecular weight excluding hydrogens is 476 g/mol. The van der Waals surface area contributed by atoms with E-state index >= 15 is 0 Å². The standard InChI is InChI=1S/C30H42N6O2/c1-5-23-6-7-27(35-14-9-32-10-15-35)26(18-23)30(37)34(3)13-8-22(2)24-19-25(21-31)29(28(20-24)38-4)36-16-11-33-12-17-36/h6-7,18-20,22,32-33H,5,8-17H2,1-4H3. The number of nitrogens with zero attached hydrogens (tertiary/aromatic N) is 4. The quantitative estimate of drug-likeness (QED) is 0.527. The van der Waals surface area contributed by atoms with Crippen LogP contribution in [0.15, 0.2) is 30.3 Å². The second-order valence-electron chi connectivity index (χ2n) is 10.3. The lowest BCUT2D eigenvalue weighted by molar-refractivity contribution is 0.0792. The maximum absolute atomic E-state index is 13.7.